The number of nitrogens with zero attached hydrogens (tertiary/aromatic N) is 1. The van der Waals surface area contributed by atoms with Crippen LogP contribution in [0.15, 0.2) is 18.2 Å². The van der Waals surface area contributed by atoms with Crippen molar-refractivity contribution in [2.24, 2.45) is 0 Å². The molecule has 3 rings (SSSR count). The second-order valence-corrected chi connectivity index (χ2v) is 5.44. The van der Waals surface area contributed by atoms with Gasteiger partial charge in [0.05, 0.1) is 0 Å². The summed E-state index contributed by atoms with van der Waals surface area (Å²) in [5.41, 5.74) is 2.95. The summed E-state index contributed by atoms with van der Waals surface area (Å²) in [7, 11) is 5.21. The average Bonchev–Trinajstić information content (AvgIpc) is 3.05. The SMILES string of the molecule is CNC1C(=O)Nc2cc(N3CC(OC)C(OC)C3)ccc21. The minimum Gasteiger partial charge on any atom is -0.377 e. The van der Waals surface area contributed by atoms with Gasteiger partial charge in [0.15, 0.2) is 0 Å². The molecular formula is C15H21N3O3. The molecule has 114 valence electrons. The van der Waals surface area contributed by atoms with Gasteiger partial charge in [0, 0.05) is 44.2 Å². The van der Waals surface area contributed by atoms with E-state index in [0.29, 0.717) is 0 Å². The summed E-state index contributed by atoms with van der Waals surface area (Å²) >= 11 is 0. The molecule has 1 aromatic rings. The molecule has 0 spiro atoms. The van der Waals surface area contributed by atoms with Crippen molar-refractivity contribution in [3.05, 3.63) is 23.8 Å². The minimum atomic E-state index is -0.258. The molecule has 0 aliphatic carbocycles. The smallest absolute Gasteiger partial charge is 0.246 e. The van der Waals surface area contributed by atoms with Gasteiger partial charge >= 0.3 is 0 Å². The van der Waals surface area contributed by atoms with Crippen molar-refractivity contribution in [2.45, 2.75) is 18.2 Å². The Hall–Kier alpha value is -1.63. The number of rotatable bonds is 4. The fourth-order valence-corrected chi connectivity index (χ4v) is 3.14. The lowest BCUT2D eigenvalue weighted by Crippen LogP contribution is -2.27. The van der Waals surface area contributed by atoms with E-state index in [4.69, 9.17) is 9.47 Å². The maximum atomic E-state index is 11.9. The molecule has 2 N–H and O–H groups in total. The number of likely N-dealkylation sites (N-methyl/N-ethyl adjacent to an activating group) is 1. The maximum Gasteiger partial charge on any atom is 0.246 e. The number of carbonyl (C=O) groups is 1. The van der Waals surface area contributed by atoms with Crippen molar-refractivity contribution in [3.8, 4) is 0 Å². The van der Waals surface area contributed by atoms with E-state index in [9.17, 15) is 4.79 Å². The first-order valence-corrected chi connectivity index (χ1v) is 7.10. The number of anilines is 2. The van der Waals surface area contributed by atoms with Crippen molar-refractivity contribution < 1.29 is 14.3 Å². The minimum absolute atomic E-state index is 0.00407. The number of hydrogen-bond acceptors (Lipinski definition) is 5. The molecular weight excluding hydrogens is 270 g/mol. The normalized spacial score (nSPS) is 27.9. The molecule has 2 heterocycles. The topological polar surface area (TPSA) is 62.8 Å². The molecule has 6 heteroatoms. The molecule has 0 saturated carbocycles. The number of methoxy groups -OCH3 is 2. The quantitative estimate of drug-likeness (QED) is 0.857. The molecule has 6 nitrogen and oxygen atoms in total. The lowest BCUT2D eigenvalue weighted by Gasteiger charge is -2.19. The fourth-order valence-electron chi connectivity index (χ4n) is 3.14. The van der Waals surface area contributed by atoms with Crippen LogP contribution in [0.4, 0.5) is 11.4 Å². The van der Waals surface area contributed by atoms with Crippen LogP contribution >= 0.6 is 0 Å². The number of ether oxygens (including phenoxy) is 2. The number of carbonyl (C=O) groups excluding carboxylic acids is 1. The van der Waals surface area contributed by atoms with Crippen LogP contribution in [0.25, 0.3) is 0 Å². The predicted molar refractivity (Wildman–Crippen MR) is 80.7 cm³/mol. The van der Waals surface area contributed by atoms with Crippen LogP contribution in [0.1, 0.15) is 11.6 Å². The molecule has 3 unspecified atom stereocenters. The van der Waals surface area contributed by atoms with E-state index in [0.717, 1.165) is 30.0 Å². The Balaban J connectivity index is 1.83. The van der Waals surface area contributed by atoms with Gasteiger partial charge in [0.2, 0.25) is 5.91 Å². The molecule has 1 fully saturated rings. The zero-order valence-corrected chi connectivity index (χ0v) is 12.6. The molecule has 21 heavy (non-hydrogen) atoms. The highest BCUT2D eigenvalue weighted by Crippen LogP contribution is 2.35. The Morgan fingerprint density at radius 2 is 1.90 bits per heavy atom. The first-order valence-electron chi connectivity index (χ1n) is 7.10. The molecule has 1 amide bonds. The number of amides is 1. The van der Waals surface area contributed by atoms with Gasteiger partial charge in [-0.1, -0.05) is 6.07 Å². The number of nitrogens with one attached hydrogen (secondary N) is 2. The third-order valence-corrected chi connectivity index (χ3v) is 4.34. The van der Waals surface area contributed by atoms with Crippen molar-refractivity contribution in [1.82, 2.24) is 5.32 Å². The molecule has 0 bridgehead atoms. The van der Waals surface area contributed by atoms with Gasteiger partial charge in [-0.25, -0.2) is 0 Å². The van der Waals surface area contributed by atoms with Crippen molar-refractivity contribution in [3.63, 3.8) is 0 Å². The van der Waals surface area contributed by atoms with E-state index >= 15 is 0 Å². The molecule has 0 radical (unpaired) electrons. The Morgan fingerprint density at radius 1 is 1.24 bits per heavy atom. The third kappa shape index (κ3) is 2.39. The molecule has 1 aromatic carbocycles. The van der Waals surface area contributed by atoms with E-state index in [1.807, 2.05) is 18.2 Å². The van der Waals surface area contributed by atoms with Crippen LogP contribution in [0, 0.1) is 0 Å². The zero-order valence-electron chi connectivity index (χ0n) is 12.6. The number of benzene rings is 1. The Bertz CT molecular complexity index is 537. The number of hydrogen-bond donors (Lipinski definition) is 2. The molecule has 3 atom stereocenters. The summed E-state index contributed by atoms with van der Waals surface area (Å²) < 4.78 is 10.9. The van der Waals surface area contributed by atoms with Crippen molar-refractivity contribution >= 4 is 17.3 Å². The van der Waals surface area contributed by atoms with Gasteiger partial charge in [0.1, 0.15) is 18.2 Å². The van der Waals surface area contributed by atoms with E-state index in [-0.39, 0.29) is 24.2 Å². The van der Waals surface area contributed by atoms with Gasteiger partial charge in [0.25, 0.3) is 0 Å². The first kappa shape index (κ1) is 14.3. The summed E-state index contributed by atoms with van der Waals surface area (Å²) in [6, 6.07) is 5.82. The standard InChI is InChI=1S/C15H21N3O3/c1-16-14-10-5-4-9(6-11(10)17-15(14)19)18-7-12(20-2)13(8-18)21-3/h4-6,12-14,16H,7-8H2,1-3H3,(H,17,19). The summed E-state index contributed by atoms with van der Waals surface area (Å²) in [5.74, 6) is -0.00407. The van der Waals surface area contributed by atoms with Crippen molar-refractivity contribution in [1.29, 1.82) is 0 Å². The monoisotopic (exact) mass is 291 g/mol. The van der Waals surface area contributed by atoms with Gasteiger partial charge in [-0.2, -0.15) is 0 Å². The second-order valence-electron chi connectivity index (χ2n) is 5.44. The first-order chi connectivity index (χ1) is 10.2. The van der Waals surface area contributed by atoms with Gasteiger partial charge in [-0.15, -0.1) is 0 Å². The molecule has 2 aliphatic heterocycles. The van der Waals surface area contributed by atoms with Gasteiger partial charge < -0.3 is 25.0 Å². The zero-order chi connectivity index (χ0) is 15.0. The highest BCUT2D eigenvalue weighted by atomic mass is 16.5. The lowest BCUT2D eigenvalue weighted by atomic mass is 10.1. The summed E-state index contributed by atoms with van der Waals surface area (Å²) in [6.45, 7) is 1.58. The van der Waals surface area contributed by atoms with Gasteiger partial charge in [-0.3, -0.25) is 4.79 Å². The average molecular weight is 291 g/mol. The third-order valence-electron chi connectivity index (χ3n) is 4.34. The van der Waals surface area contributed by atoms with Crippen LogP contribution in [-0.4, -0.2) is 52.5 Å². The summed E-state index contributed by atoms with van der Waals surface area (Å²) in [4.78, 5) is 14.1. The van der Waals surface area contributed by atoms with Crippen LogP contribution in [0.2, 0.25) is 0 Å². The largest absolute Gasteiger partial charge is 0.377 e. The molecule has 2 aliphatic rings. The molecule has 1 saturated heterocycles. The van der Waals surface area contributed by atoms with E-state index in [1.54, 1.807) is 21.3 Å². The fraction of sp³-hybridized carbons (Fsp3) is 0.533. The highest BCUT2D eigenvalue weighted by Gasteiger charge is 2.34. The van der Waals surface area contributed by atoms with Crippen molar-refractivity contribution in [2.75, 3.05) is 44.6 Å². The predicted octanol–water partition coefficient (Wildman–Crippen LogP) is 0.749. The van der Waals surface area contributed by atoms with E-state index in [2.05, 4.69) is 15.5 Å². The lowest BCUT2D eigenvalue weighted by molar-refractivity contribution is -0.117. The summed E-state index contributed by atoms with van der Waals surface area (Å²) in [5, 5.41) is 5.95. The van der Waals surface area contributed by atoms with E-state index in [1.165, 1.54) is 0 Å². The van der Waals surface area contributed by atoms with Crippen LogP contribution < -0.4 is 15.5 Å². The Morgan fingerprint density at radius 3 is 2.48 bits per heavy atom. The summed E-state index contributed by atoms with van der Waals surface area (Å²) in [6.07, 6.45) is 0.144. The van der Waals surface area contributed by atoms with Crippen LogP contribution in [-0.2, 0) is 14.3 Å². The van der Waals surface area contributed by atoms with E-state index < -0.39 is 0 Å². The second kappa shape index (κ2) is 5.63. The molecule has 0 aromatic heterocycles. The van der Waals surface area contributed by atoms with Gasteiger partial charge in [-0.05, 0) is 19.2 Å². The maximum absolute atomic E-state index is 11.9. The van der Waals surface area contributed by atoms with Crippen LogP contribution in [0.3, 0.4) is 0 Å². The Labute approximate surface area is 124 Å². The Kier molecular flexibility index (Phi) is 3.84. The highest BCUT2D eigenvalue weighted by molar-refractivity contribution is 6.03. The number of fused-ring (bicyclic) bond motifs is 1. The van der Waals surface area contributed by atoms with Crippen LogP contribution in [0.5, 0.6) is 0 Å².